The molecular formula is C46H76O8. The number of methoxy groups -OCH3 is 4. The normalized spacial score (nSPS) is 48.7. The van der Waals surface area contributed by atoms with Crippen LogP contribution < -0.4 is 0 Å². The van der Waals surface area contributed by atoms with Crippen LogP contribution in [0.1, 0.15) is 64.2 Å². The Morgan fingerprint density at radius 2 is 0.685 bits per heavy atom. The van der Waals surface area contributed by atoms with Crippen molar-refractivity contribution in [3.8, 4) is 0 Å². The summed E-state index contributed by atoms with van der Waals surface area (Å²) >= 11 is 0. The highest BCUT2D eigenvalue weighted by molar-refractivity contribution is 5.17. The standard InChI is InChI=1S/C23H42O6.C23H34O2/c1-28-12-20-16(8-24)6-18(10-26)22(20)14-3-4-15(5-14)23-19(11-27)7-17(9-25)21(23)13-29-2;1-24-12-20-14-3-5-16(9-14)22(20)18-7-8-19(11-18)23-17-6-4-15(10-17)21(23)13-25-2/h14-27H,3-13H2,1-2H3;3-6,14-23H,7-13H2,1-2H3/t14?,15?,16?,17?,18?,19?,20?,21?,22-,23+;14-,15+,16+,17-,18?,19?,20?,21?,22+,23-. The molecule has 0 aromatic rings. The molecule has 4 N–H and O–H groups in total. The Bertz CT molecular complexity index is 1140. The number of hydrogen-bond donors (Lipinski definition) is 4. The number of hydrogen-bond acceptors (Lipinski definition) is 8. The molecule has 8 rings (SSSR count). The fraction of sp³-hybridized carbons (Fsp3) is 0.913. The van der Waals surface area contributed by atoms with Crippen molar-refractivity contribution < 1.29 is 39.4 Å². The smallest absolute Gasteiger partial charge is 0.0499 e. The lowest BCUT2D eigenvalue weighted by atomic mass is 9.71. The fourth-order valence-corrected chi connectivity index (χ4v) is 15.6. The first-order valence-electron chi connectivity index (χ1n) is 22.2. The van der Waals surface area contributed by atoms with Crippen LogP contribution in [0.4, 0.5) is 0 Å². The van der Waals surface area contributed by atoms with E-state index in [1.54, 1.807) is 14.2 Å². The molecule has 0 spiro atoms. The van der Waals surface area contributed by atoms with E-state index in [2.05, 4.69) is 24.3 Å². The van der Waals surface area contributed by atoms with Crippen molar-refractivity contribution in [2.45, 2.75) is 64.2 Å². The van der Waals surface area contributed by atoms with Gasteiger partial charge in [-0.2, -0.15) is 0 Å². The van der Waals surface area contributed by atoms with Crippen LogP contribution in [0.5, 0.6) is 0 Å². The van der Waals surface area contributed by atoms with Gasteiger partial charge in [-0.15, -0.1) is 0 Å². The van der Waals surface area contributed by atoms with E-state index in [-0.39, 0.29) is 50.1 Å². The molecule has 0 heterocycles. The summed E-state index contributed by atoms with van der Waals surface area (Å²) in [6.45, 7) is 3.94. The predicted octanol–water partition coefficient (Wildman–Crippen LogP) is 5.97. The molecule has 8 nitrogen and oxygen atoms in total. The van der Waals surface area contributed by atoms with E-state index in [1.165, 1.54) is 32.1 Å². The van der Waals surface area contributed by atoms with Gasteiger partial charge >= 0.3 is 0 Å². The van der Waals surface area contributed by atoms with E-state index in [4.69, 9.17) is 18.9 Å². The molecule has 4 bridgehead atoms. The zero-order valence-electron chi connectivity index (χ0n) is 34.0. The minimum atomic E-state index is 0.167. The van der Waals surface area contributed by atoms with E-state index in [1.807, 2.05) is 14.2 Å². The van der Waals surface area contributed by atoms with Crippen molar-refractivity contribution in [2.75, 3.05) is 81.3 Å². The van der Waals surface area contributed by atoms with E-state index in [0.29, 0.717) is 48.7 Å². The van der Waals surface area contributed by atoms with Gasteiger partial charge in [-0.25, -0.2) is 0 Å². The number of rotatable bonds is 16. The zero-order chi connectivity index (χ0) is 37.9. The molecule has 0 saturated heterocycles. The van der Waals surface area contributed by atoms with Gasteiger partial charge < -0.3 is 39.4 Å². The molecule has 8 aliphatic rings. The summed E-state index contributed by atoms with van der Waals surface area (Å²) < 4.78 is 22.3. The summed E-state index contributed by atoms with van der Waals surface area (Å²) in [4.78, 5) is 0. The van der Waals surface area contributed by atoms with Gasteiger partial charge in [0.1, 0.15) is 0 Å². The first kappa shape index (κ1) is 41.3. The Labute approximate surface area is 326 Å². The molecule has 0 aromatic heterocycles. The minimum Gasteiger partial charge on any atom is -0.396 e. The molecule has 308 valence electrons. The second-order valence-electron chi connectivity index (χ2n) is 19.6. The third-order valence-electron chi connectivity index (χ3n) is 17.5. The van der Waals surface area contributed by atoms with Crippen molar-refractivity contribution in [2.24, 2.45) is 118 Å². The van der Waals surface area contributed by atoms with Crippen molar-refractivity contribution in [3.05, 3.63) is 24.3 Å². The zero-order valence-corrected chi connectivity index (χ0v) is 34.0. The van der Waals surface area contributed by atoms with Crippen LogP contribution in [0.3, 0.4) is 0 Å². The Hall–Kier alpha value is -0.840. The van der Waals surface area contributed by atoms with Gasteiger partial charge in [0, 0.05) is 81.3 Å². The molecule has 6 fully saturated rings. The maximum Gasteiger partial charge on any atom is 0.0499 e. The van der Waals surface area contributed by atoms with Crippen molar-refractivity contribution in [1.29, 1.82) is 0 Å². The molecule has 8 heteroatoms. The average Bonchev–Trinajstić information content (AvgIpc) is 4.04. The fourth-order valence-electron chi connectivity index (χ4n) is 15.6. The van der Waals surface area contributed by atoms with Gasteiger partial charge in [0.05, 0.1) is 0 Å². The number of aliphatic hydroxyl groups excluding tert-OH is 4. The molecule has 0 amide bonds. The highest BCUT2D eigenvalue weighted by Crippen LogP contribution is 2.60. The molecule has 8 aliphatic carbocycles. The van der Waals surface area contributed by atoms with Crippen LogP contribution in [0.2, 0.25) is 0 Å². The first-order valence-corrected chi connectivity index (χ1v) is 22.2. The van der Waals surface area contributed by atoms with E-state index in [9.17, 15) is 20.4 Å². The van der Waals surface area contributed by atoms with Crippen LogP contribution in [0.25, 0.3) is 0 Å². The highest BCUT2D eigenvalue weighted by atomic mass is 16.5. The van der Waals surface area contributed by atoms with Gasteiger partial charge in [0.2, 0.25) is 0 Å². The van der Waals surface area contributed by atoms with Gasteiger partial charge in [-0.1, -0.05) is 24.3 Å². The van der Waals surface area contributed by atoms with Crippen molar-refractivity contribution >= 4 is 0 Å². The average molecular weight is 757 g/mol. The largest absolute Gasteiger partial charge is 0.396 e. The molecule has 0 aromatic carbocycles. The summed E-state index contributed by atoms with van der Waals surface area (Å²) in [6, 6.07) is 0. The predicted molar refractivity (Wildman–Crippen MR) is 210 cm³/mol. The Kier molecular flexibility index (Phi) is 14.4. The molecule has 6 saturated carbocycles. The molecule has 20 atom stereocenters. The Morgan fingerprint density at radius 3 is 1.02 bits per heavy atom. The molecule has 12 unspecified atom stereocenters. The summed E-state index contributed by atoms with van der Waals surface area (Å²) in [5.41, 5.74) is 0. The van der Waals surface area contributed by atoms with E-state index < -0.39 is 0 Å². The molecule has 0 radical (unpaired) electrons. The van der Waals surface area contributed by atoms with Gasteiger partial charge in [-0.05, 0) is 183 Å². The second kappa shape index (κ2) is 18.8. The highest BCUT2D eigenvalue weighted by Gasteiger charge is 2.54. The van der Waals surface area contributed by atoms with Crippen LogP contribution in [0.15, 0.2) is 24.3 Å². The maximum absolute atomic E-state index is 10.0. The second-order valence-corrected chi connectivity index (χ2v) is 19.6. The van der Waals surface area contributed by atoms with Crippen molar-refractivity contribution in [1.82, 2.24) is 0 Å². The monoisotopic (exact) mass is 757 g/mol. The van der Waals surface area contributed by atoms with Crippen LogP contribution in [0, 0.1) is 118 Å². The van der Waals surface area contributed by atoms with E-state index >= 15 is 0 Å². The maximum atomic E-state index is 10.0. The molecule has 0 aliphatic heterocycles. The summed E-state index contributed by atoms with van der Waals surface area (Å²) in [6.07, 6.45) is 22.4. The summed E-state index contributed by atoms with van der Waals surface area (Å²) in [7, 11) is 7.23. The molecular weight excluding hydrogens is 680 g/mol. The van der Waals surface area contributed by atoms with Crippen LogP contribution >= 0.6 is 0 Å². The SMILES string of the molecule is COCC1C(CO)CC(CO)[C@@H]1C1CCC([C@@H]2C(CO)CC(CO)C2COC)C1.COCC1[C@H](C2CCC([C@@H]3C(COC)[C@H]4C=C[C@@H]3C4)C2)[C@H]2C=C[C@@H]1C2. The third-order valence-corrected chi connectivity index (χ3v) is 17.5. The van der Waals surface area contributed by atoms with E-state index in [0.717, 1.165) is 104 Å². The van der Waals surface area contributed by atoms with Crippen LogP contribution in [-0.4, -0.2) is 102 Å². The number of fused-ring (bicyclic) bond motifs is 4. The minimum absolute atomic E-state index is 0.167. The number of ether oxygens (including phenoxy) is 4. The quantitative estimate of drug-likeness (QED) is 0.142. The van der Waals surface area contributed by atoms with Gasteiger partial charge in [0.15, 0.2) is 0 Å². The lowest BCUT2D eigenvalue weighted by molar-refractivity contribution is 0.0445. The Morgan fingerprint density at radius 1 is 0.370 bits per heavy atom. The van der Waals surface area contributed by atoms with Crippen molar-refractivity contribution in [3.63, 3.8) is 0 Å². The van der Waals surface area contributed by atoms with Gasteiger partial charge in [-0.3, -0.25) is 0 Å². The summed E-state index contributed by atoms with van der Waals surface area (Å²) in [5, 5.41) is 39.8. The lowest BCUT2D eigenvalue weighted by Gasteiger charge is -2.35. The first-order chi connectivity index (χ1) is 26.4. The Balaban J connectivity index is 0.000000168. The third kappa shape index (κ3) is 7.96. The number of allylic oxidation sites excluding steroid dienone is 4. The summed E-state index contributed by atoms with van der Waals surface area (Å²) in [5.74, 6) is 12.0. The number of aliphatic hydroxyl groups is 4. The molecule has 54 heavy (non-hydrogen) atoms. The van der Waals surface area contributed by atoms with Crippen LogP contribution in [-0.2, 0) is 18.9 Å². The topological polar surface area (TPSA) is 118 Å². The lowest BCUT2D eigenvalue weighted by Crippen LogP contribution is -2.32. The van der Waals surface area contributed by atoms with Gasteiger partial charge in [0.25, 0.3) is 0 Å².